The molecule has 0 amide bonds. The maximum atomic E-state index is 6.45. The largest absolute Gasteiger partial charge is 0.377 e. The van der Waals surface area contributed by atoms with Crippen molar-refractivity contribution in [3.63, 3.8) is 0 Å². The summed E-state index contributed by atoms with van der Waals surface area (Å²) in [6.45, 7) is 7.76. The van der Waals surface area contributed by atoms with Crippen LogP contribution < -0.4 is 10.2 Å². The zero-order chi connectivity index (χ0) is 14.2. The molecule has 1 saturated heterocycles. The highest BCUT2D eigenvalue weighted by atomic mass is 35.5. The van der Waals surface area contributed by atoms with Gasteiger partial charge in [0.1, 0.15) is 0 Å². The van der Waals surface area contributed by atoms with Gasteiger partial charge in [-0.15, -0.1) is 0 Å². The number of rotatable bonds is 4. The summed E-state index contributed by atoms with van der Waals surface area (Å²) < 4.78 is 5.58. The van der Waals surface area contributed by atoms with Crippen molar-refractivity contribution < 1.29 is 4.74 Å². The number of nitrogens with zero attached hydrogens (tertiary/aromatic N) is 1. The summed E-state index contributed by atoms with van der Waals surface area (Å²) in [4.78, 5) is 2.39. The quantitative estimate of drug-likeness (QED) is 0.923. The Hall–Kier alpha value is -0.770. The molecule has 2 fully saturated rings. The van der Waals surface area contributed by atoms with Crippen LogP contribution in [0.15, 0.2) is 18.2 Å². The second kappa shape index (κ2) is 5.55. The fraction of sp³-hybridized carbons (Fsp3) is 0.625. The van der Waals surface area contributed by atoms with Gasteiger partial charge in [0.2, 0.25) is 0 Å². The van der Waals surface area contributed by atoms with Gasteiger partial charge in [-0.2, -0.15) is 0 Å². The SMILES string of the molecule is CC1(C)COCCN1c1ccc(CNC2CC2)c(Cl)c1. The van der Waals surface area contributed by atoms with Crippen molar-refractivity contribution in [1.29, 1.82) is 0 Å². The third kappa shape index (κ3) is 3.11. The van der Waals surface area contributed by atoms with Gasteiger partial charge in [-0.3, -0.25) is 0 Å². The average molecular weight is 295 g/mol. The van der Waals surface area contributed by atoms with E-state index in [1.807, 2.05) is 0 Å². The summed E-state index contributed by atoms with van der Waals surface area (Å²) in [6.07, 6.45) is 2.61. The highest BCUT2D eigenvalue weighted by molar-refractivity contribution is 6.31. The predicted molar refractivity (Wildman–Crippen MR) is 83.6 cm³/mol. The molecule has 0 atom stereocenters. The van der Waals surface area contributed by atoms with Crippen LogP contribution in [0.2, 0.25) is 5.02 Å². The van der Waals surface area contributed by atoms with Crippen LogP contribution in [0.4, 0.5) is 5.69 Å². The normalized spacial score (nSPS) is 22.1. The number of hydrogen-bond acceptors (Lipinski definition) is 3. The van der Waals surface area contributed by atoms with Crippen LogP contribution in [0.3, 0.4) is 0 Å². The van der Waals surface area contributed by atoms with E-state index in [0.717, 1.165) is 31.3 Å². The Balaban J connectivity index is 1.74. The van der Waals surface area contributed by atoms with Crippen molar-refractivity contribution in [3.8, 4) is 0 Å². The van der Waals surface area contributed by atoms with Crippen molar-refractivity contribution in [1.82, 2.24) is 5.32 Å². The van der Waals surface area contributed by atoms with Crippen molar-refractivity contribution in [2.45, 2.75) is 44.8 Å². The molecule has 110 valence electrons. The topological polar surface area (TPSA) is 24.5 Å². The summed E-state index contributed by atoms with van der Waals surface area (Å²) in [5, 5.41) is 4.37. The Bertz CT molecular complexity index is 485. The Morgan fingerprint density at radius 3 is 2.85 bits per heavy atom. The number of nitrogens with one attached hydrogen (secondary N) is 1. The fourth-order valence-electron chi connectivity index (χ4n) is 2.73. The molecule has 0 spiro atoms. The maximum absolute atomic E-state index is 6.45. The van der Waals surface area contributed by atoms with E-state index in [1.165, 1.54) is 24.1 Å². The molecule has 0 unspecified atom stereocenters. The minimum absolute atomic E-state index is 0.0232. The molecular weight excluding hydrogens is 272 g/mol. The molecular formula is C16H23ClN2O. The first-order valence-electron chi connectivity index (χ1n) is 7.43. The van der Waals surface area contributed by atoms with E-state index in [0.29, 0.717) is 6.04 Å². The van der Waals surface area contributed by atoms with Crippen LogP contribution in [0.25, 0.3) is 0 Å². The number of anilines is 1. The van der Waals surface area contributed by atoms with E-state index in [9.17, 15) is 0 Å². The zero-order valence-electron chi connectivity index (χ0n) is 12.3. The average Bonchev–Trinajstić information content (AvgIpc) is 3.21. The number of ether oxygens (including phenoxy) is 1. The molecule has 3 nitrogen and oxygen atoms in total. The lowest BCUT2D eigenvalue weighted by molar-refractivity contribution is 0.0644. The smallest absolute Gasteiger partial charge is 0.0694 e. The summed E-state index contributed by atoms with van der Waals surface area (Å²) in [6, 6.07) is 7.14. The molecule has 1 N–H and O–H groups in total. The van der Waals surface area contributed by atoms with Crippen molar-refractivity contribution in [2.24, 2.45) is 0 Å². The molecule has 0 aromatic heterocycles. The number of halogens is 1. The van der Waals surface area contributed by atoms with Crippen molar-refractivity contribution >= 4 is 17.3 Å². The summed E-state index contributed by atoms with van der Waals surface area (Å²) in [7, 11) is 0. The molecule has 1 saturated carbocycles. The van der Waals surface area contributed by atoms with Gasteiger partial charge >= 0.3 is 0 Å². The molecule has 1 aliphatic carbocycles. The lowest BCUT2D eigenvalue weighted by Gasteiger charge is -2.44. The molecule has 1 aliphatic heterocycles. The highest BCUT2D eigenvalue weighted by Crippen LogP contribution is 2.31. The maximum Gasteiger partial charge on any atom is 0.0694 e. The van der Waals surface area contributed by atoms with E-state index in [4.69, 9.17) is 16.3 Å². The minimum atomic E-state index is 0.0232. The van der Waals surface area contributed by atoms with E-state index in [2.05, 4.69) is 42.3 Å². The van der Waals surface area contributed by atoms with Gasteiger partial charge in [-0.25, -0.2) is 0 Å². The lowest BCUT2D eigenvalue weighted by Crippen LogP contribution is -2.53. The molecule has 0 bridgehead atoms. The van der Waals surface area contributed by atoms with Crippen LogP contribution in [-0.2, 0) is 11.3 Å². The monoisotopic (exact) mass is 294 g/mol. The predicted octanol–water partition coefficient (Wildman–Crippen LogP) is 3.21. The van der Waals surface area contributed by atoms with Crippen molar-refractivity contribution in [2.75, 3.05) is 24.7 Å². The first-order chi connectivity index (χ1) is 9.56. The summed E-state index contributed by atoms with van der Waals surface area (Å²) in [5.41, 5.74) is 2.40. The third-order valence-corrected chi connectivity index (χ3v) is 4.50. The van der Waals surface area contributed by atoms with E-state index in [1.54, 1.807) is 0 Å². The minimum Gasteiger partial charge on any atom is -0.377 e. The van der Waals surface area contributed by atoms with Crippen LogP contribution in [0, 0.1) is 0 Å². The molecule has 1 heterocycles. The molecule has 2 aliphatic rings. The van der Waals surface area contributed by atoms with Crippen LogP contribution in [0.5, 0.6) is 0 Å². The van der Waals surface area contributed by atoms with Gasteiger partial charge in [0, 0.05) is 29.8 Å². The van der Waals surface area contributed by atoms with Gasteiger partial charge in [0.05, 0.1) is 18.8 Å². The Morgan fingerprint density at radius 2 is 2.20 bits per heavy atom. The second-order valence-corrected chi connectivity index (χ2v) is 6.85. The fourth-order valence-corrected chi connectivity index (χ4v) is 2.97. The third-order valence-electron chi connectivity index (χ3n) is 4.15. The van der Waals surface area contributed by atoms with Gasteiger partial charge in [-0.1, -0.05) is 17.7 Å². The van der Waals surface area contributed by atoms with E-state index < -0.39 is 0 Å². The first kappa shape index (κ1) is 14.2. The highest BCUT2D eigenvalue weighted by Gasteiger charge is 2.30. The van der Waals surface area contributed by atoms with Crippen molar-refractivity contribution in [3.05, 3.63) is 28.8 Å². The summed E-state index contributed by atoms with van der Waals surface area (Å²) >= 11 is 6.45. The number of benzene rings is 1. The van der Waals surface area contributed by atoms with Gasteiger partial charge < -0.3 is 15.0 Å². The van der Waals surface area contributed by atoms with E-state index in [-0.39, 0.29) is 5.54 Å². The Morgan fingerprint density at radius 1 is 1.40 bits per heavy atom. The van der Waals surface area contributed by atoms with Crippen LogP contribution >= 0.6 is 11.6 Å². The molecule has 3 rings (SSSR count). The lowest BCUT2D eigenvalue weighted by atomic mass is 10.0. The zero-order valence-corrected chi connectivity index (χ0v) is 13.0. The second-order valence-electron chi connectivity index (χ2n) is 6.45. The number of hydrogen-bond donors (Lipinski definition) is 1. The molecule has 20 heavy (non-hydrogen) atoms. The van der Waals surface area contributed by atoms with Gasteiger partial charge in [0.15, 0.2) is 0 Å². The molecule has 1 aromatic carbocycles. The first-order valence-corrected chi connectivity index (χ1v) is 7.81. The van der Waals surface area contributed by atoms with E-state index >= 15 is 0 Å². The van der Waals surface area contributed by atoms with Gasteiger partial charge in [0.25, 0.3) is 0 Å². The standard InChI is InChI=1S/C16H23ClN2O/c1-16(2)11-20-8-7-19(16)14-6-3-12(15(17)9-14)10-18-13-4-5-13/h3,6,9,13,18H,4-5,7-8,10-11H2,1-2H3. The molecule has 4 heteroatoms. The Labute approximate surface area is 126 Å². The van der Waals surface area contributed by atoms with Crippen LogP contribution in [0.1, 0.15) is 32.3 Å². The molecule has 1 aromatic rings. The van der Waals surface area contributed by atoms with Gasteiger partial charge in [-0.05, 0) is 44.4 Å². The van der Waals surface area contributed by atoms with Crippen LogP contribution in [-0.4, -0.2) is 31.3 Å². The Kier molecular flexibility index (Phi) is 3.93. The molecule has 0 radical (unpaired) electrons. The number of morpholine rings is 1. The summed E-state index contributed by atoms with van der Waals surface area (Å²) in [5.74, 6) is 0.